The lowest BCUT2D eigenvalue weighted by Gasteiger charge is -2.33. The van der Waals surface area contributed by atoms with Gasteiger partial charge in [-0.25, -0.2) is 4.79 Å². The lowest BCUT2D eigenvalue weighted by Crippen LogP contribution is -2.46. The van der Waals surface area contributed by atoms with Crippen LogP contribution in [-0.2, 0) is 9.47 Å². The van der Waals surface area contributed by atoms with E-state index in [1.165, 1.54) is 25.7 Å². The van der Waals surface area contributed by atoms with Gasteiger partial charge in [0, 0.05) is 26.2 Å². The van der Waals surface area contributed by atoms with Gasteiger partial charge in [0.1, 0.15) is 0 Å². The van der Waals surface area contributed by atoms with Crippen LogP contribution in [0.15, 0.2) is 0 Å². The van der Waals surface area contributed by atoms with Crippen LogP contribution in [0.4, 0.5) is 4.79 Å². The van der Waals surface area contributed by atoms with Crippen molar-refractivity contribution in [3.8, 4) is 0 Å². The summed E-state index contributed by atoms with van der Waals surface area (Å²) in [6.45, 7) is 4.06. The van der Waals surface area contributed by atoms with E-state index in [4.69, 9.17) is 9.47 Å². The Morgan fingerprint density at radius 2 is 1.95 bits per heavy atom. The normalized spacial score (nSPS) is 26.9. The Hall–Kier alpha value is -0.810. The molecule has 0 radical (unpaired) electrons. The molecule has 1 atom stereocenters. The molecule has 0 aromatic carbocycles. The summed E-state index contributed by atoms with van der Waals surface area (Å²) in [5.74, 6) is 0.876. The van der Waals surface area contributed by atoms with E-state index in [1.54, 1.807) is 0 Å². The summed E-state index contributed by atoms with van der Waals surface area (Å²) in [6, 6.07) is 0.106. The van der Waals surface area contributed by atoms with Crippen LogP contribution in [0.3, 0.4) is 0 Å². The number of carbonyl (C=O) groups is 1. The molecule has 2 aliphatic heterocycles. The lowest BCUT2D eigenvalue weighted by atomic mass is 10.1. The Bertz CT molecular complexity index is 346. The number of amides is 2. The summed E-state index contributed by atoms with van der Waals surface area (Å²) in [5.41, 5.74) is 0. The van der Waals surface area contributed by atoms with Gasteiger partial charge in [0.25, 0.3) is 0 Å². The highest BCUT2D eigenvalue weighted by Gasteiger charge is 2.25. The van der Waals surface area contributed by atoms with Gasteiger partial charge in [-0.15, -0.1) is 0 Å². The molecule has 0 spiro atoms. The number of hydrogen-bond acceptors (Lipinski definition) is 3. The third kappa shape index (κ3) is 5.13. The van der Waals surface area contributed by atoms with Gasteiger partial charge >= 0.3 is 6.03 Å². The zero-order chi connectivity index (χ0) is 15.2. The minimum Gasteiger partial charge on any atom is -0.376 e. The fraction of sp³-hybridized carbons (Fsp3) is 0.941. The summed E-state index contributed by atoms with van der Waals surface area (Å²) >= 11 is 0. The van der Waals surface area contributed by atoms with Crippen LogP contribution in [0.2, 0.25) is 0 Å². The first-order valence-electron chi connectivity index (χ1n) is 9.07. The van der Waals surface area contributed by atoms with E-state index in [0.29, 0.717) is 6.10 Å². The van der Waals surface area contributed by atoms with Gasteiger partial charge in [-0.2, -0.15) is 0 Å². The predicted molar refractivity (Wildman–Crippen MR) is 84.9 cm³/mol. The largest absolute Gasteiger partial charge is 0.376 e. The Balaban J connectivity index is 1.27. The number of carbonyl (C=O) groups excluding carboxylic acids is 1. The standard InChI is InChI=1S/C17H30N2O3/c20-17(18-9-6-14-4-5-14)19-10-7-15(8-11-19)22-13-16-3-1-2-12-21-16/h14-16H,1-13H2,(H,18,20)/t16-/m0/s1. The van der Waals surface area contributed by atoms with E-state index in [-0.39, 0.29) is 12.1 Å². The number of hydrogen-bond donors (Lipinski definition) is 1. The van der Waals surface area contributed by atoms with E-state index >= 15 is 0 Å². The average molecular weight is 310 g/mol. The highest BCUT2D eigenvalue weighted by atomic mass is 16.5. The van der Waals surface area contributed by atoms with Crippen molar-refractivity contribution in [2.24, 2.45) is 5.92 Å². The summed E-state index contributed by atoms with van der Waals surface area (Å²) in [7, 11) is 0. The first-order valence-corrected chi connectivity index (χ1v) is 9.07. The first-order chi connectivity index (χ1) is 10.8. The highest BCUT2D eigenvalue weighted by Crippen LogP contribution is 2.31. The number of rotatable bonds is 6. The van der Waals surface area contributed by atoms with E-state index < -0.39 is 0 Å². The molecule has 1 aliphatic carbocycles. The molecule has 2 amide bonds. The van der Waals surface area contributed by atoms with Crippen molar-refractivity contribution in [2.45, 2.75) is 63.6 Å². The highest BCUT2D eigenvalue weighted by molar-refractivity contribution is 5.74. The van der Waals surface area contributed by atoms with Crippen molar-refractivity contribution in [3.63, 3.8) is 0 Å². The third-order valence-electron chi connectivity index (χ3n) is 5.05. The molecule has 0 aromatic rings. The van der Waals surface area contributed by atoms with E-state index in [0.717, 1.165) is 64.4 Å². The topological polar surface area (TPSA) is 50.8 Å². The Kier molecular flexibility index (Phi) is 5.96. The van der Waals surface area contributed by atoms with Crippen LogP contribution >= 0.6 is 0 Å². The van der Waals surface area contributed by atoms with E-state index in [1.807, 2.05) is 4.90 Å². The van der Waals surface area contributed by atoms with Gasteiger partial charge in [-0.3, -0.25) is 0 Å². The van der Waals surface area contributed by atoms with Gasteiger partial charge in [0.15, 0.2) is 0 Å². The molecule has 22 heavy (non-hydrogen) atoms. The molecule has 3 fully saturated rings. The molecule has 5 nitrogen and oxygen atoms in total. The monoisotopic (exact) mass is 310 g/mol. The molecule has 0 bridgehead atoms. The predicted octanol–water partition coefficient (Wildman–Crippen LogP) is 2.55. The van der Waals surface area contributed by atoms with Gasteiger partial charge in [0.05, 0.1) is 18.8 Å². The van der Waals surface area contributed by atoms with Crippen molar-refractivity contribution in [1.29, 1.82) is 0 Å². The molecule has 3 aliphatic rings. The fourth-order valence-electron chi connectivity index (χ4n) is 3.31. The van der Waals surface area contributed by atoms with E-state index in [9.17, 15) is 4.79 Å². The molecule has 1 N–H and O–H groups in total. The second-order valence-electron chi connectivity index (χ2n) is 6.97. The summed E-state index contributed by atoms with van der Waals surface area (Å²) in [4.78, 5) is 14.0. The summed E-state index contributed by atoms with van der Waals surface area (Å²) < 4.78 is 11.7. The Labute approximate surface area is 133 Å². The molecule has 0 unspecified atom stereocenters. The van der Waals surface area contributed by atoms with Crippen LogP contribution in [0, 0.1) is 5.92 Å². The lowest BCUT2D eigenvalue weighted by molar-refractivity contribution is -0.0728. The van der Waals surface area contributed by atoms with Gasteiger partial charge in [0.2, 0.25) is 0 Å². The molecule has 126 valence electrons. The second-order valence-corrected chi connectivity index (χ2v) is 6.97. The molecule has 5 heteroatoms. The summed E-state index contributed by atoms with van der Waals surface area (Å²) in [5, 5.41) is 3.05. The fourth-order valence-corrected chi connectivity index (χ4v) is 3.31. The smallest absolute Gasteiger partial charge is 0.317 e. The van der Waals surface area contributed by atoms with Crippen molar-refractivity contribution < 1.29 is 14.3 Å². The zero-order valence-corrected chi connectivity index (χ0v) is 13.6. The maximum absolute atomic E-state index is 12.1. The Morgan fingerprint density at radius 3 is 2.64 bits per heavy atom. The minimum absolute atomic E-state index is 0.106. The second kappa shape index (κ2) is 8.16. The van der Waals surface area contributed by atoms with Crippen molar-refractivity contribution >= 4 is 6.03 Å². The average Bonchev–Trinajstić information content (AvgIpc) is 3.38. The van der Waals surface area contributed by atoms with Crippen LogP contribution < -0.4 is 5.32 Å². The molecule has 2 saturated heterocycles. The molecule has 0 aromatic heterocycles. The molecular formula is C17H30N2O3. The van der Waals surface area contributed by atoms with Crippen molar-refractivity contribution in [2.75, 3.05) is 32.8 Å². The van der Waals surface area contributed by atoms with Crippen LogP contribution in [0.1, 0.15) is 51.4 Å². The van der Waals surface area contributed by atoms with Gasteiger partial charge in [-0.05, 0) is 44.4 Å². The molecule has 1 saturated carbocycles. The SMILES string of the molecule is O=C(NCCC1CC1)N1CCC(OC[C@@H]2CCCCO2)CC1. The Morgan fingerprint density at radius 1 is 1.14 bits per heavy atom. The number of nitrogens with one attached hydrogen (secondary N) is 1. The van der Waals surface area contributed by atoms with Crippen molar-refractivity contribution in [1.82, 2.24) is 10.2 Å². The quantitative estimate of drug-likeness (QED) is 0.820. The van der Waals surface area contributed by atoms with Crippen molar-refractivity contribution in [3.05, 3.63) is 0 Å². The molecule has 2 heterocycles. The zero-order valence-electron chi connectivity index (χ0n) is 13.6. The maximum atomic E-state index is 12.1. The number of ether oxygens (including phenoxy) is 2. The number of likely N-dealkylation sites (tertiary alicyclic amines) is 1. The maximum Gasteiger partial charge on any atom is 0.317 e. The van der Waals surface area contributed by atoms with Gasteiger partial charge in [-0.1, -0.05) is 12.8 Å². The van der Waals surface area contributed by atoms with Crippen LogP contribution in [0.5, 0.6) is 0 Å². The number of nitrogens with zero attached hydrogens (tertiary/aromatic N) is 1. The summed E-state index contributed by atoms with van der Waals surface area (Å²) in [6.07, 6.45) is 9.89. The van der Waals surface area contributed by atoms with Crippen LogP contribution in [0.25, 0.3) is 0 Å². The van der Waals surface area contributed by atoms with Crippen LogP contribution in [-0.4, -0.2) is 56.0 Å². The number of urea groups is 1. The number of piperidine rings is 1. The third-order valence-corrected chi connectivity index (χ3v) is 5.05. The molecular weight excluding hydrogens is 280 g/mol. The molecule has 3 rings (SSSR count). The van der Waals surface area contributed by atoms with Gasteiger partial charge < -0.3 is 19.7 Å². The first kappa shape index (κ1) is 16.1. The minimum atomic E-state index is 0.106. The van der Waals surface area contributed by atoms with E-state index in [2.05, 4.69) is 5.32 Å².